The van der Waals surface area contributed by atoms with Gasteiger partial charge in [0.2, 0.25) is 0 Å². The fourth-order valence-corrected chi connectivity index (χ4v) is 1.89. The Kier molecular flexibility index (Phi) is 5.32. The van der Waals surface area contributed by atoms with Gasteiger partial charge < -0.3 is 9.88 Å². The molecule has 1 aromatic rings. The Balaban J connectivity index is 3.02. The minimum absolute atomic E-state index is 0.0556. The first kappa shape index (κ1) is 15.8. The number of hydrogen-bond donors (Lipinski definition) is 1. The molecular formula is C14H19N3O3. The Bertz CT molecular complexity index is 540. The lowest BCUT2D eigenvalue weighted by molar-refractivity contribution is -0.384. The summed E-state index contributed by atoms with van der Waals surface area (Å²) in [7, 11) is 0. The van der Waals surface area contributed by atoms with Crippen molar-refractivity contribution in [3.8, 4) is 12.3 Å². The second-order valence-corrected chi connectivity index (χ2v) is 4.82. The van der Waals surface area contributed by atoms with Crippen LogP contribution in [0.4, 0.5) is 5.69 Å². The van der Waals surface area contributed by atoms with Gasteiger partial charge in [-0.2, -0.15) is 0 Å². The highest BCUT2D eigenvalue weighted by atomic mass is 16.6. The van der Waals surface area contributed by atoms with Gasteiger partial charge >= 0.3 is 0 Å². The van der Waals surface area contributed by atoms with Gasteiger partial charge in [-0.1, -0.05) is 19.3 Å². The molecule has 108 valence electrons. The second kappa shape index (κ2) is 6.75. The average molecular weight is 277 g/mol. The Morgan fingerprint density at radius 2 is 2.25 bits per heavy atom. The maximum absolute atomic E-state index is 12.2. The standard InChI is InChI=1S/C14H19N3O3/c1-5-7-11(6-2)15-14(18)13-8-12(17(19)20)9-16(13)10(3)4/h2,8-11H,5,7H2,1,3-4H3,(H,15,18). The van der Waals surface area contributed by atoms with E-state index < -0.39 is 4.92 Å². The van der Waals surface area contributed by atoms with Crippen LogP contribution < -0.4 is 5.32 Å². The van der Waals surface area contributed by atoms with Gasteiger partial charge in [0.1, 0.15) is 5.69 Å². The van der Waals surface area contributed by atoms with E-state index in [1.807, 2.05) is 20.8 Å². The van der Waals surface area contributed by atoms with E-state index in [1.54, 1.807) is 4.57 Å². The number of nitro groups is 1. The smallest absolute Gasteiger partial charge is 0.287 e. The van der Waals surface area contributed by atoms with Crippen molar-refractivity contribution in [3.63, 3.8) is 0 Å². The molecule has 0 aliphatic rings. The van der Waals surface area contributed by atoms with Crippen molar-refractivity contribution in [3.05, 3.63) is 28.1 Å². The van der Waals surface area contributed by atoms with E-state index in [-0.39, 0.29) is 29.4 Å². The average Bonchev–Trinajstić information content (AvgIpc) is 2.83. The molecule has 6 heteroatoms. The van der Waals surface area contributed by atoms with Crippen molar-refractivity contribution < 1.29 is 9.72 Å². The summed E-state index contributed by atoms with van der Waals surface area (Å²) in [5, 5.41) is 13.5. The fourth-order valence-electron chi connectivity index (χ4n) is 1.89. The predicted molar refractivity (Wildman–Crippen MR) is 76.5 cm³/mol. The number of carbonyl (C=O) groups excluding carboxylic acids is 1. The zero-order chi connectivity index (χ0) is 15.3. The van der Waals surface area contributed by atoms with Crippen LogP contribution >= 0.6 is 0 Å². The Morgan fingerprint density at radius 1 is 1.60 bits per heavy atom. The summed E-state index contributed by atoms with van der Waals surface area (Å²) in [5.74, 6) is 2.12. The molecule has 1 heterocycles. The Morgan fingerprint density at radius 3 is 2.70 bits per heavy atom. The fraction of sp³-hybridized carbons (Fsp3) is 0.500. The number of terminal acetylenes is 1. The molecule has 20 heavy (non-hydrogen) atoms. The lowest BCUT2D eigenvalue weighted by Gasteiger charge is -2.15. The van der Waals surface area contributed by atoms with Crippen LogP contribution in [0.15, 0.2) is 12.3 Å². The lowest BCUT2D eigenvalue weighted by Crippen LogP contribution is -2.35. The molecule has 0 spiro atoms. The molecule has 1 rings (SSSR count). The van der Waals surface area contributed by atoms with Gasteiger partial charge in [-0.15, -0.1) is 6.42 Å². The first-order valence-corrected chi connectivity index (χ1v) is 6.53. The molecule has 1 N–H and O–H groups in total. The number of nitrogens with zero attached hydrogens (tertiary/aromatic N) is 2. The maximum atomic E-state index is 12.2. The van der Waals surface area contributed by atoms with Crippen molar-refractivity contribution in [2.75, 3.05) is 0 Å². The minimum Gasteiger partial charge on any atom is -0.337 e. The summed E-state index contributed by atoms with van der Waals surface area (Å²) in [6, 6.07) is 0.858. The topological polar surface area (TPSA) is 77.2 Å². The molecule has 1 atom stereocenters. The maximum Gasteiger partial charge on any atom is 0.287 e. The number of aromatic nitrogens is 1. The third kappa shape index (κ3) is 3.60. The number of carbonyl (C=O) groups is 1. The van der Waals surface area contributed by atoms with E-state index in [0.29, 0.717) is 6.42 Å². The summed E-state index contributed by atoms with van der Waals surface area (Å²) in [4.78, 5) is 22.5. The molecule has 0 bridgehead atoms. The van der Waals surface area contributed by atoms with E-state index >= 15 is 0 Å². The molecule has 0 saturated heterocycles. The van der Waals surface area contributed by atoms with Crippen LogP contribution in [-0.4, -0.2) is 21.4 Å². The van der Waals surface area contributed by atoms with Crippen LogP contribution in [0.1, 0.15) is 50.1 Å². The van der Waals surface area contributed by atoms with Gasteiger partial charge in [-0.25, -0.2) is 0 Å². The van der Waals surface area contributed by atoms with E-state index in [0.717, 1.165) is 6.42 Å². The summed E-state index contributed by atoms with van der Waals surface area (Å²) in [5.41, 5.74) is 0.152. The van der Waals surface area contributed by atoms with Gasteiger partial charge in [-0.05, 0) is 20.3 Å². The zero-order valence-electron chi connectivity index (χ0n) is 11.9. The van der Waals surface area contributed by atoms with Crippen LogP contribution in [0.25, 0.3) is 0 Å². The Labute approximate surface area is 118 Å². The normalized spacial score (nSPS) is 11.9. The highest BCUT2D eigenvalue weighted by Crippen LogP contribution is 2.20. The third-order valence-corrected chi connectivity index (χ3v) is 2.92. The molecule has 0 aliphatic heterocycles. The molecule has 0 aliphatic carbocycles. The minimum atomic E-state index is -0.514. The molecule has 0 radical (unpaired) electrons. The second-order valence-electron chi connectivity index (χ2n) is 4.82. The quantitative estimate of drug-likeness (QED) is 0.493. The Hall–Kier alpha value is -2.29. The molecular weight excluding hydrogens is 258 g/mol. The molecule has 0 saturated carbocycles. The van der Waals surface area contributed by atoms with Crippen molar-refractivity contribution >= 4 is 11.6 Å². The summed E-state index contributed by atoms with van der Waals surface area (Å²) in [6.45, 7) is 5.68. The van der Waals surface area contributed by atoms with Gasteiger partial charge in [0, 0.05) is 12.1 Å². The van der Waals surface area contributed by atoms with Gasteiger partial charge in [0.15, 0.2) is 0 Å². The van der Waals surface area contributed by atoms with Crippen molar-refractivity contribution in [1.82, 2.24) is 9.88 Å². The SMILES string of the molecule is C#CC(CCC)NC(=O)c1cc([N+](=O)[O-])cn1C(C)C. The molecule has 6 nitrogen and oxygen atoms in total. The number of amides is 1. The third-order valence-electron chi connectivity index (χ3n) is 2.92. The molecule has 1 amide bonds. The highest BCUT2D eigenvalue weighted by Gasteiger charge is 2.22. The van der Waals surface area contributed by atoms with Crippen LogP contribution in [0, 0.1) is 22.5 Å². The monoisotopic (exact) mass is 277 g/mol. The van der Waals surface area contributed by atoms with E-state index in [2.05, 4.69) is 11.2 Å². The first-order chi connectivity index (χ1) is 9.40. The highest BCUT2D eigenvalue weighted by molar-refractivity contribution is 5.94. The van der Waals surface area contributed by atoms with Gasteiger partial charge in [-0.3, -0.25) is 14.9 Å². The summed E-state index contributed by atoms with van der Waals surface area (Å²) < 4.78 is 1.58. The van der Waals surface area contributed by atoms with E-state index in [4.69, 9.17) is 6.42 Å². The molecule has 1 aromatic heterocycles. The van der Waals surface area contributed by atoms with Crippen LogP contribution in [0.3, 0.4) is 0 Å². The van der Waals surface area contributed by atoms with Gasteiger partial charge in [0.25, 0.3) is 11.6 Å². The number of rotatable bonds is 6. The molecule has 0 fully saturated rings. The van der Waals surface area contributed by atoms with Crippen LogP contribution in [0.5, 0.6) is 0 Å². The number of hydrogen-bond acceptors (Lipinski definition) is 3. The summed E-state index contributed by atoms with van der Waals surface area (Å²) >= 11 is 0. The first-order valence-electron chi connectivity index (χ1n) is 6.53. The molecule has 0 aromatic carbocycles. The largest absolute Gasteiger partial charge is 0.337 e. The lowest BCUT2D eigenvalue weighted by atomic mass is 10.2. The van der Waals surface area contributed by atoms with E-state index in [9.17, 15) is 14.9 Å². The molecule has 1 unspecified atom stereocenters. The van der Waals surface area contributed by atoms with Crippen molar-refractivity contribution in [2.24, 2.45) is 0 Å². The van der Waals surface area contributed by atoms with E-state index in [1.165, 1.54) is 12.3 Å². The predicted octanol–water partition coefficient (Wildman–Crippen LogP) is 2.51. The van der Waals surface area contributed by atoms with Crippen molar-refractivity contribution in [1.29, 1.82) is 0 Å². The van der Waals surface area contributed by atoms with Gasteiger partial charge in [0.05, 0.1) is 17.2 Å². The van der Waals surface area contributed by atoms with Crippen molar-refractivity contribution in [2.45, 2.75) is 45.7 Å². The van der Waals surface area contributed by atoms with Crippen LogP contribution in [-0.2, 0) is 0 Å². The summed E-state index contributed by atoms with van der Waals surface area (Å²) in [6.07, 6.45) is 8.24. The van der Waals surface area contributed by atoms with Crippen LogP contribution in [0.2, 0.25) is 0 Å². The zero-order valence-corrected chi connectivity index (χ0v) is 11.9. The number of nitrogens with one attached hydrogen (secondary N) is 1.